The first-order chi connectivity index (χ1) is 9.71. The van der Waals surface area contributed by atoms with E-state index in [1.165, 1.54) is 0 Å². The summed E-state index contributed by atoms with van der Waals surface area (Å²) >= 11 is 0. The average molecular weight is 297 g/mol. The maximum atomic E-state index is 11.8. The van der Waals surface area contributed by atoms with E-state index in [1.54, 1.807) is 0 Å². The van der Waals surface area contributed by atoms with Crippen molar-refractivity contribution in [3.05, 3.63) is 0 Å². The molecule has 3 N–H and O–H groups in total. The number of hydrogen-bond donors (Lipinski definition) is 3. The summed E-state index contributed by atoms with van der Waals surface area (Å²) in [5, 5.41) is 15.4. The number of carbonyl (C=O) groups excluding carboxylic acids is 3. The molecule has 7 nitrogen and oxygen atoms in total. The van der Waals surface area contributed by atoms with Gasteiger partial charge in [-0.05, 0) is 31.1 Å². The van der Waals surface area contributed by atoms with E-state index in [2.05, 4.69) is 24.5 Å². The van der Waals surface area contributed by atoms with Crippen LogP contribution in [0.2, 0.25) is 0 Å². The quantitative estimate of drug-likeness (QED) is 0.635. The van der Waals surface area contributed by atoms with Crippen LogP contribution >= 0.6 is 0 Å². The Bertz CT molecular complexity index is 435. The van der Waals surface area contributed by atoms with Crippen molar-refractivity contribution >= 4 is 17.8 Å². The molecular weight excluding hydrogens is 274 g/mol. The predicted octanol–water partition coefficient (Wildman–Crippen LogP) is -0.0143. The molecule has 4 amide bonds. The third kappa shape index (κ3) is 3.93. The smallest absolute Gasteiger partial charge is 0.325 e. The fourth-order valence-electron chi connectivity index (χ4n) is 2.65. The number of aliphatic hydroxyl groups is 1. The highest BCUT2D eigenvalue weighted by Crippen LogP contribution is 2.39. The van der Waals surface area contributed by atoms with Crippen LogP contribution in [0.5, 0.6) is 0 Å². The fourth-order valence-corrected chi connectivity index (χ4v) is 2.65. The van der Waals surface area contributed by atoms with Crippen molar-refractivity contribution in [1.82, 2.24) is 15.5 Å². The van der Waals surface area contributed by atoms with Gasteiger partial charge in [0, 0.05) is 6.54 Å². The molecule has 0 radical (unpaired) electrons. The second-order valence-corrected chi connectivity index (χ2v) is 6.80. The van der Waals surface area contributed by atoms with Crippen LogP contribution in [0.4, 0.5) is 4.79 Å². The molecule has 0 unspecified atom stereocenters. The van der Waals surface area contributed by atoms with Crippen LogP contribution in [0, 0.1) is 5.41 Å². The van der Waals surface area contributed by atoms with Gasteiger partial charge in [0.2, 0.25) is 5.91 Å². The van der Waals surface area contributed by atoms with E-state index >= 15 is 0 Å². The molecule has 0 aromatic heterocycles. The highest BCUT2D eigenvalue weighted by Gasteiger charge is 2.37. The average Bonchev–Trinajstić information content (AvgIpc) is 2.73. The number of rotatable bonds is 4. The second-order valence-electron chi connectivity index (χ2n) is 6.80. The summed E-state index contributed by atoms with van der Waals surface area (Å²) < 4.78 is 0. The lowest BCUT2D eigenvalue weighted by Crippen LogP contribution is -2.49. The molecule has 2 fully saturated rings. The molecule has 1 aliphatic heterocycles. The predicted molar refractivity (Wildman–Crippen MR) is 75.3 cm³/mol. The van der Waals surface area contributed by atoms with Crippen LogP contribution in [-0.2, 0) is 9.59 Å². The monoisotopic (exact) mass is 297 g/mol. The standard InChI is InChI=1S/C14H23N3O4/c1-13(2)3-5-14(21,6-4-13)9-16-10(18)8-17-11(19)7-15-12(17)20/h21H,3-9H2,1-2H3,(H,15,20)(H,16,18). The summed E-state index contributed by atoms with van der Waals surface area (Å²) in [6.45, 7) is 4.13. The first-order valence-electron chi connectivity index (χ1n) is 7.28. The minimum Gasteiger partial charge on any atom is -0.388 e. The number of imide groups is 1. The summed E-state index contributed by atoms with van der Waals surface area (Å²) in [5.74, 6) is -0.841. The van der Waals surface area contributed by atoms with Gasteiger partial charge in [0.25, 0.3) is 5.91 Å². The Morgan fingerprint density at radius 2 is 1.90 bits per heavy atom. The minimum absolute atomic E-state index is 0.0644. The van der Waals surface area contributed by atoms with Crippen LogP contribution in [0.25, 0.3) is 0 Å². The zero-order chi connectivity index (χ0) is 15.7. The van der Waals surface area contributed by atoms with Crippen LogP contribution in [0.1, 0.15) is 39.5 Å². The number of amides is 4. The van der Waals surface area contributed by atoms with E-state index in [9.17, 15) is 19.5 Å². The van der Waals surface area contributed by atoms with Crippen molar-refractivity contribution in [2.24, 2.45) is 5.41 Å². The van der Waals surface area contributed by atoms with Crippen molar-refractivity contribution in [3.8, 4) is 0 Å². The van der Waals surface area contributed by atoms with Gasteiger partial charge in [0.05, 0.1) is 12.1 Å². The molecule has 0 spiro atoms. The zero-order valence-electron chi connectivity index (χ0n) is 12.6. The van der Waals surface area contributed by atoms with Gasteiger partial charge < -0.3 is 15.7 Å². The van der Waals surface area contributed by atoms with E-state index in [4.69, 9.17) is 0 Å². The lowest BCUT2D eigenvalue weighted by atomic mass is 9.71. The molecule has 1 aliphatic carbocycles. The van der Waals surface area contributed by atoms with E-state index in [0.29, 0.717) is 12.8 Å². The van der Waals surface area contributed by atoms with Gasteiger partial charge >= 0.3 is 6.03 Å². The SMILES string of the molecule is CC1(C)CCC(O)(CNC(=O)CN2C(=O)CNC2=O)CC1. The summed E-state index contributed by atoms with van der Waals surface area (Å²) in [6.07, 6.45) is 3.10. The Balaban J connectivity index is 1.79. The van der Waals surface area contributed by atoms with Gasteiger partial charge in [-0.15, -0.1) is 0 Å². The Morgan fingerprint density at radius 3 is 2.43 bits per heavy atom. The normalized spacial score (nSPS) is 23.9. The second kappa shape index (κ2) is 5.63. The van der Waals surface area contributed by atoms with Gasteiger partial charge in [-0.2, -0.15) is 0 Å². The highest BCUT2D eigenvalue weighted by atomic mass is 16.3. The molecule has 1 saturated carbocycles. The Labute approximate surface area is 124 Å². The molecule has 0 bridgehead atoms. The summed E-state index contributed by atoms with van der Waals surface area (Å²) in [6, 6.07) is -0.548. The van der Waals surface area contributed by atoms with E-state index < -0.39 is 23.4 Å². The number of nitrogens with one attached hydrogen (secondary N) is 2. The van der Waals surface area contributed by atoms with Crippen LogP contribution in [-0.4, -0.2) is 53.1 Å². The summed E-state index contributed by atoms with van der Waals surface area (Å²) in [7, 11) is 0. The minimum atomic E-state index is -0.886. The maximum absolute atomic E-state index is 11.8. The van der Waals surface area contributed by atoms with Crippen molar-refractivity contribution < 1.29 is 19.5 Å². The number of carbonyl (C=O) groups is 3. The fraction of sp³-hybridized carbons (Fsp3) is 0.786. The van der Waals surface area contributed by atoms with E-state index in [0.717, 1.165) is 17.7 Å². The molecule has 118 valence electrons. The molecule has 2 aliphatic rings. The van der Waals surface area contributed by atoms with Crippen molar-refractivity contribution in [2.75, 3.05) is 19.6 Å². The lowest BCUT2D eigenvalue weighted by molar-refractivity contribution is -0.131. The third-order valence-electron chi connectivity index (χ3n) is 4.39. The highest BCUT2D eigenvalue weighted by molar-refractivity contribution is 6.04. The van der Waals surface area contributed by atoms with Gasteiger partial charge in [-0.1, -0.05) is 13.8 Å². The van der Waals surface area contributed by atoms with Crippen LogP contribution < -0.4 is 10.6 Å². The maximum Gasteiger partial charge on any atom is 0.325 e. The number of hydrogen-bond acceptors (Lipinski definition) is 4. The molecule has 1 heterocycles. The third-order valence-corrected chi connectivity index (χ3v) is 4.39. The zero-order valence-corrected chi connectivity index (χ0v) is 12.6. The first kappa shape index (κ1) is 15.8. The number of urea groups is 1. The Morgan fingerprint density at radius 1 is 1.29 bits per heavy atom. The van der Waals surface area contributed by atoms with E-state index in [1.807, 2.05) is 0 Å². The molecule has 0 aromatic carbocycles. The molecule has 0 aromatic rings. The van der Waals surface area contributed by atoms with E-state index in [-0.39, 0.29) is 25.0 Å². The summed E-state index contributed by atoms with van der Waals surface area (Å²) in [4.78, 5) is 35.4. The molecule has 1 saturated heterocycles. The summed E-state index contributed by atoms with van der Waals surface area (Å²) in [5.41, 5.74) is -0.654. The Kier molecular flexibility index (Phi) is 4.22. The van der Waals surface area contributed by atoms with Crippen LogP contribution in [0.3, 0.4) is 0 Å². The van der Waals surface area contributed by atoms with Crippen molar-refractivity contribution in [1.29, 1.82) is 0 Å². The molecule has 21 heavy (non-hydrogen) atoms. The molecule has 7 heteroatoms. The van der Waals surface area contributed by atoms with Gasteiger partial charge in [-0.3, -0.25) is 14.5 Å². The topological polar surface area (TPSA) is 98.7 Å². The van der Waals surface area contributed by atoms with Crippen molar-refractivity contribution in [2.45, 2.75) is 45.1 Å². The molecule has 2 rings (SSSR count). The largest absolute Gasteiger partial charge is 0.388 e. The van der Waals surface area contributed by atoms with Gasteiger partial charge in [0.1, 0.15) is 6.54 Å². The van der Waals surface area contributed by atoms with Gasteiger partial charge in [-0.25, -0.2) is 4.79 Å². The Hall–Kier alpha value is -1.63. The van der Waals surface area contributed by atoms with Gasteiger partial charge in [0.15, 0.2) is 0 Å². The molecule has 0 atom stereocenters. The molecular formula is C14H23N3O4. The van der Waals surface area contributed by atoms with Crippen molar-refractivity contribution in [3.63, 3.8) is 0 Å². The number of nitrogens with zero attached hydrogens (tertiary/aromatic N) is 1. The van der Waals surface area contributed by atoms with Crippen LogP contribution in [0.15, 0.2) is 0 Å². The lowest BCUT2D eigenvalue weighted by Gasteiger charge is -2.40. The first-order valence-corrected chi connectivity index (χ1v) is 7.28.